The van der Waals surface area contributed by atoms with Gasteiger partial charge in [0.2, 0.25) is 0 Å². The van der Waals surface area contributed by atoms with Gasteiger partial charge in [-0.05, 0) is 12.1 Å². The van der Waals surface area contributed by atoms with Crippen molar-refractivity contribution in [3.8, 4) is 0 Å². The van der Waals surface area contributed by atoms with Gasteiger partial charge in [0.25, 0.3) is 0 Å². The van der Waals surface area contributed by atoms with Gasteiger partial charge in [0.15, 0.2) is 0 Å². The number of hydrogen-bond acceptors (Lipinski definition) is 3. The van der Waals surface area contributed by atoms with Gasteiger partial charge in [0.05, 0.1) is 12.3 Å². The average molecular weight is 139 g/mol. The van der Waals surface area contributed by atoms with Gasteiger partial charge in [0, 0.05) is 6.42 Å². The summed E-state index contributed by atoms with van der Waals surface area (Å²) in [5.74, 6) is 0.908. The summed E-state index contributed by atoms with van der Waals surface area (Å²) < 4.78 is 5.11. The number of furan rings is 1. The highest BCUT2D eigenvalue weighted by Crippen LogP contribution is 2.26. The first-order valence-corrected chi connectivity index (χ1v) is 3.34. The van der Waals surface area contributed by atoms with Gasteiger partial charge >= 0.3 is 0 Å². The fraction of sp³-hybridized carbons (Fsp3) is 0.429. The third-order valence-electron chi connectivity index (χ3n) is 1.74. The van der Waals surface area contributed by atoms with Crippen molar-refractivity contribution < 1.29 is 9.52 Å². The van der Waals surface area contributed by atoms with E-state index in [0.29, 0.717) is 0 Å². The molecule has 1 aliphatic heterocycles. The molecule has 3 nitrogen and oxygen atoms in total. The predicted octanol–water partition coefficient (Wildman–Crippen LogP) is 0.632. The Morgan fingerprint density at radius 2 is 2.50 bits per heavy atom. The van der Waals surface area contributed by atoms with Crippen LogP contribution in [0.25, 0.3) is 0 Å². The lowest BCUT2D eigenvalue weighted by Gasteiger charge is -2.31. The van der Waals surface area contributed by atoms with Crippen LogP contribution in [0.3, 0.4) is 0 Å². The van der Waals surface area contributed by atoms with Crippen LogP contribution >= 0.6 is 0 Å². The van der Waals surface area contributed by atoms with Crippen LogP contribution in [-0.4, -0.2) is 11.3 Å². The Balaban J connectivity index is 2.04. The molecule has 54 valence electrons. The molecule has 0 aromatic carbocycles. The number of rotatable bonds is 1. The summed E-state index contributed by atoms with van der Waals surface area (Å²) in [6, 6.07) is 3.98. The number of nitrogens with one attached hydrogen (secondary N) is 1. The van der Waals surface area contributed by atoms with E-state index in [-0.39, 0.29) is 12.3 Å². The summed E-state index contributed by atoms with van der Waals surface area (Å²) in [5, 5.41) is 11.8. The minimum atomic E-state index is -0.338. The molecule has 0 radical (unpaired) electrons. The molecule has 0 aliphatic carbocycles. The maximum absolute atomic E-state index is 8.86. The third kappa shape index (κ3) is 0.836. The second kappa shape index (κ2) is 2.11. The largest absolute Gasteiger partial charge is 0.468 e. The SMILES string of the molecule is OC1C[C@H](c2ccco2)N1. The van der Waals surface area contributed by atoms with Crippen LogP contribution in [0.1, 0.15) is 18.2 Å². The van der Waals surface area contributed by atoms with E-state index >= 15 is 0 Å². The minimum Gasteiger partial charge on any atom is -0.468 e. The Labute approximate surface area is 58.7 Å². The molecule has 1 aromatic heterocycles. The van der Waals surface area contributed by atoms with E-state index in [0.717, 1.165) is 12.2 Å². The molecule has 1 unspecified atom stereocenters. The van der Waals surface area contributed by atoms with Crippen molar-refractivity contribution >= 4 is 0 Å². The van der Waals surface area contributed by atoms with Crippen molar-refractivity contribution in [2.75, 3.05) is 0 Å². The first kappa shape index (κ1) is 5.95. The summed E-state index contributed by atoms with van der Waals surface area (Å²) in [6.07, 6.45) is 2.06. The first-order chi connectivity index (χ1) is 4.86. The quantitative estimate of drug-likeness (QED) is 0.600. The Morgan fingerprint density at radius 3 is 3.00 bits per heavy atom. The van der Waals surface area contributed by atoms with Gasteiger partial charge < -0.3 is 9.52 Å². The fourth-order valence-electron chi connectivity index (χ4n) is 1.12. The topological polar surface area (TPSA) is 45.4 Å². The highest BCUT2D eigenvalue weighted by Gasteiger charge is 2.28. The van der Waals surface area contributed by atoms with E-state index in [9.17, 15) is 0 Å². The van der Waals surface area contributed by atoms with Crippen LogP contribution < -0.4 is 5.32 Å². The van der Waals surface area contributed by atoms with Gasteiger partial charge in [0.1, 0.15) is 12.0 Å². The lowest BCUT2D eigenvalue weighted by Crippen LogP contribution is -2.45. The molecule has 0 spiro atoms. The fourth-order valence-corrected chi connectivity index (χ4v) is 1.12. The number of aliphatic hydroxyl groups excluding tert-OH is 1. The van der Waals surface area contributed by atoms with Crippen LogP contribution in [0, 0.1) is 0 Å². The molecule has 0 saturated carbocycles. The maximum atomic E-state index is 8.86. The Kier molecular flexibility index (Phi) is 1.25. The monoisotopic (exact) mass is 139 g/mol. The highest BCUT2D eigenvalue weighted by molar-refractivity contribution is 5.07. The highest BCUT2D eigenvalue weighted by atomic mass is 16.3. The maximum Gasteiger partial charge on any atom is 0.120 e. The van der Waals surface area contributed by atoms with E-state index in [1.165, 1.54) is 0 Å². The van der Waals surface area contributed by atoms with Crippen molar-refractivity contribution in [3.63, 3.8) is 0 Å². The third-order valence-corrected chi connectivity index (χ3v) is 1.74. The minimum absolute atomic E-state index is 0.227. The lowest BCUT2D eigenvalue weighted by molar-refractivity contribution is 0.0258. The number of hydrogen-bond donors (Lipinski definition) is 2. The second-order valence-electron chi connectivity index (χ2n) is 2.49. The molecular formula is C7H9NO2. The molecule has 2 N–H and O–H groups in total. The molecule has 1 saturated heterocycles. The molecule has 2 rings (SSSR count). The predicted molar refractivity (Wildman–Crippen MR) is 35.2 cm³/mol. The van der Waals surface area contributed by atoms with Crippen molar-refractivity contribution in [2.24, 2.45) is 0 Å². The Bertz CT molecular complexity index is 201. The summed E-state index contributed by atoms with van der Waals surface area (Å²) in [5.41, 5.74) is 0. The molecule has 3 heteroatoms. The molecule has 2 atom stereocenters. The van der Waals surface area contributed by atoms with E-state index in [1.54, 1.807) is 6.26 Å². The van der Waals surface area contributed by atoms with Crippen LogP contribution in [0.4, 0.5) is 0 Å². The normalized spacial score (nSPS) is 31.7. The van der Waals surface area contributed by atoms with Crippen LogP contribution in [-0.2, 0) is 0 Å². The molecule has 2 heterocycles. The van der Waals surface area contributed by atoms with E-state index in [2.05, 4.69) is 5.32 Å². The van der Waals surface area contributed by atoms with Gasteiger partial charge in [-0.3, -0.25) is 5.32 Å². The molecule has 1 aromatic rings. The zero-order chi connectivity index (χ0) is 6.97. The molecule has 0 bridgehead atoms. The Hall–Kier alpha value is -0.800. The smallest absolute Gasteiger partial charge is 0.120 e. The zero-order valence-electron chi connectivity index (χ0n) is 5.45. The summed E-state index contributed by atoms with van der Waals surface area (Å²) in [4.78, 5) is 0. The van der Waals surface area contributed by atoms with Crippen LogP contribution in [0.2, 0.25) is 0 Å². The van der Waals surface area contributed by atoms with Crippen molar-refractivity contribution in [3.05, 3.63) is 24.2 Å². The van der Waals surface area contributed by atoms with Gasteiger partial charge in [-0.25, -0.2) is 0 Å². The average Bonchev–Trinajstić information content (AvgIpc) is 2.31. The van der Waals surface area contributed by atoms with Gasteiger partial charge in [-0.2, -0.15) is 0 Å². The lowest BCUT2D eigenvalue weighted by atomic mass is 10.0. The van der Waals surface area contributed by atoms with E-state index < -0.39 is 0 Å². The molecule has 0 amide bonds. The molecule has 1 aliphatic rings. The summed E-state index contributed by atoms with van der Waals surface area (Å²) >= 11 is 0. The number of aliphatic hydroxyl groups is 1. The molecular weight excluding hydrogens is 130 g/mol. The van der Waals surface area contributed by atoms with Crippen LogP contribution in [0.15, 0.2) is 22.8 Å². The van der Waals surface area contributed by atoms with E-state index in [4.69, 9.17) is 9.52 Å². The van der Waals surface area contributed by atoms with Crippen molar-refractivity contribution in [1.29, 1.82) is 0 Å². The van der Waals surface area contributed by atoms with E-state index in [1.807, 2.05) is 12.1 Å². The Morgan fingerprint density at radius 1 is 1.70 bits per heavy atom. The van der Waals surface area contributed by atoms with Crippen molar-refractivity contribution in [1.82, 2.24) is 5.32 Å². The summed E-state index contributed by atoms with van der Waals surface area (Å²) in [6.45, 7) is 0. The van der Waals surface area contributed by atoms with Crippen molar-refractivity contribution in [2.45, 2.75) is 18.7 Å². The first-order valence-electron chi connectivity index (χ1n) is 3.34. The summed E-state index contributed by atoms with van der Waals surface area (Å²) in [7, 11) is 0. The van der Waals surface area contributed by atoms with Crippen LogP contribution in [0.5, 0.6) is 0 Å². The molecule has 10 heavy (non-hydrogen) atoms. The second-order valence-corrected chi connectivity index (χ2v) is 2.49. The zero-order valence-corrected chi connectivity index (χ0v) is 5.45. The van der Waals surface area contributed by atoms with Gasteiger partial charge in [-0.15, -0.1) is 0 Å². The van der Waals surface area contributed by atoms with Gasteiger partial charge in [-0.1, -0.05) is 0 Å². The molecule has 1 fully saturated rings. The standard InChI is InChI=1S/C7H9NO2/c9-7-4-5(8-7)6-2-1-3-10-6/h1-3,5,7-9H,4H2/t5-,7?/m1/s1.